The number of fused-ring (bicyclic) bond motifs is 1. The van der Waals surface area contributed by atoms with E-state index in [2.05, 4.69) is 9.97 Å². The standard InChI is InChI=1S/C20H23ClN4O4/c1-12-11-24(19(26)29-20(2,3)4)6-7-25(12)18-23-15-10-13(21)9-14(16(15)28-18)17-22-5-8-27-17/h5,8-10,12H,6-7,11H2,1-4H3. The Morgan fingerprint density at radius 2 is 2.10 bits per heavy atom. The molecule has 0 saturated carbocycles. The highest BCUT2D eigenvalue weighted by atomic mass is 35.5. The van der Waals surface area contributed by atoms with Crippen molar-refractivity contribution >= 4 is 34.8 Å². The van der Waals surface area contributed by atoms with Crippen LogP contribution >= 0.6 is 11.6 Å². The number of ether oxygens (including phenoxy) is 1. The van der Waals surface area contributed by atoms with E-state index in [1.54, 1.807) is 23.2 Å². The Morgan fingerprint density at radius 1 is 1.31 bits per heavy atom. The number of aromatic nitrogens is 2. The van der Waals surface area contributed by atoms with E-state index in [-0.39, 0.29) is 12.1 Å². The molecule has 0 aliphatic carbocycles. The summed E-state index contributed by atoms with van der Waals surface area (Å²) in [5.41, 5.74) is 1.32. The second-order valence-corrected chi connectivity index (χ2v) is 8.54. The normalized spacial score (nSPS) is 17.8. The highest BCUT2D eigenvalue weighted by Gasteiger charge is 2.32. The summed E-state index contributed by atoms with van der Waals surface area (Å²) in [7, 11) is 0. The van der Waals surface area contributed by atoms with Crippen molar-refractivity contribution in [3.05, 3.63) is 29.6 Å². The number of hydrogen-bond acceptors (Lipinski definition) is 7. The number of nitrogens with zero attached hydrogens (tertiary/aromatic N) is 4. The van der Waals surface area contributed by atoms with Crippen LogP contribution in [0.1, 0.15) is 27.7 Å². The highest BCUT2D eigenvalue weighted by molar-refractivity contribution is 6.31. The van der Waals surface area contributed by atoms with Gasteiger partial charge in [0.1, 0.15) is 17.4 Å². The lowest BCUT2D eigenvalue weighted by molar-refractivity contribution is 0.0216. The molecule has 1 aliphatic rings. The predicted molar refractivity (Wildman–Crippen MR) is 109 cm³/mol. The van der Waals surface area contributed by atoms with Crippen LogP contribution < -0.4 is 4.90 Å². The van der Waals surface area contributed by atoms with Crippen molar-refractivity contribution in [2.45, 2.75) is 39.3 Å². The van der Waals surface area contributed by atoms with Gasteiger partial charge in [-0.25, -0.2) is 9.78 Å². The van der Waals surface area contributed by atoms with Crippen LogP contribution in [0.5, 0.6) is 0 Å². The largest absolute Gasteiger partial charge is 0.444 e. The Kier molecular flexibility index (Phi) is 4.90. The van der Waals surface area contributed by atoms with E-state index >= 15 is 0 Å². The first kappa shape index (κ1) is 19.6. The van der Waals surface area contributed by atoms with Gasteiger partial charge in [0.15, 0.2) is 5.58 Å². The molecular formula is C20H23ClN4O4. The lowest BCUT2D eigenvalue weighted by Gasteiger charge is -2.39. The van der Waals surface area contributed by atoms with Crippen LogP contribution in [0.25, 0.3) is 22.6 Å². The van der Waals surface area contributed by atoms with E-state index in [1.807, 2.05) is 32.6 Å². The molecule has 29 heavy (non-hydrogen) atoms. The van der Waals surface area contributed by atoms with Crippen LogP contribution in [-0.2, 0) is 4.74 Å². The number of oxazole rings is 2. The number of anilines is 1. The number of carbonyl (C=O) groups is 1. The smallest absolute Gasteiger partial charge is 0.410 e. The Bertz CT molecular complexity index is 1030. The first-order valence-corrected chi connectivity index (χ1v) is 9.83. The van der Waals surface area contributed by atoms with Gasteiger partial charge in [-0.15, -0.1) is 0 Å². The fourth-order valence-corrected chi connectivity index (χ4v) is 3.57. The fraction of sp³-hybridized carbons (Fsp3) is 0.450. The van der Waals surface area contributed by atoms with Crippen LogP contribution in [0.3, 0.4) is 0 Å². The fourth-order valence-electron chi connectivity index (χ4n) is 3.36. The van der Waals surface area contributed by atoms with E-state index in [9.17, 15) is 4.79 Å². The van der Waals surface area contributed by atoms with Crippen LogP contribution in [-0.4, -0.2) is 52.2 Å². The van der Waals surface area contributed by atoms with Gasteiger partial charge in [-0.1, -0.05) is 11.6 Å². The van der Waals surface area contributed by atoms with E-state index in [4.69, 9.17) is 25.2 Å². The molecule has 8 nitrogen and oxygen atoms in total. The quantitative estimate of drug-likeness (QED) is 0.602. The molecular weight excluding hydrogens is 396 g/mol. The van der Waals surface area contributed by atoms with E-state index in [0.717, 1.165) is 0 Å². The first-order valence-electron chi connectivity index (χ1n) is 9.46. The lowest BCUT2D eigenvalue weighted by atomic mass is 10.2. The molecule has 1 unspecified atom stereocenters. The first-order chi connectivity index (χ1) is 13.7. The third-order valence-corrected chi connectivity index (χ3v) is 4.85. The summed E-state index contributed by atoms with van der Waals surface area (Å²) in [6, 6.07) is 3.98. The van der Waals surface area contributed by atoms with Gasteiger partial charge in [-0.2, -0.15) is 4.98 Å². The average molecular weight is 419 g/mol. The SMILES string of the molecule is CC1CN(C(=O)OC(C)(C)C)CCN1c1nc2cc(Cl)cc(-c3ncco3)c2o1. The van der Waals surface area contributed by atoms with Gasteiger partial charge < -0.3 is 23.4 Å². The molecule has 1 fully saturated rings. The van der Waals surface area contributed by atoms with Crippen molar-refractivity contribution in [3.8, 4) is 11.5 Å². The van der Waals surface area contributed by atoms with Crippen molar-refractivity contribution < 1.29 is 18.4 Å². The summed E-state index contributed by atoms with van der Waals surface area (Å²) in [4.78, 5) is 24.9. The summed E-state index contributed by atoms with van der Waals surface area (Å²) >= 11 is 6.25. The zero-order chi connectivity index (χ0) is 20.8. The Labute approximate surface area is 173 Å². The molecule has 3 heterocycles. The molecule has 4 rings (SSSR count). The van der Waals surface area contributed by atoms with Crippen molar-refractivity contribution in [2.75, 3.05) is 24.5 Å². The number of halogens is 1. The number of rotatable bonds is 2. The summed E-state index contributed by atoms with van der Waals surface area (Å²) in [5, 5.41) is 0.522. The number of amides is 1. The molecule has 0 spiro atoms. The zero-order valence-electron chi connectivity index (χ0n) is 16.8. The van der Waals surface area contributed by atoms with Gasteiger partial charge in [-0.05, 0) is 39.8 Å². The molecule has 0 radical (unpaired) electrons. The third kappa shape index (κ3) is 4.03. The van der Waals surface area contributed by atoms with Crippen LogP contribution in [0.4, 0.5) is 10.8 Å². The second kappa shape index (κ2) is 7.26. The van der Waals surface area contributed by atoms with Crippen molar-refractivity contribution in [2.24, 2.45) is 0 Å². The Balaban J connectivity index is 1.58. The minimum Gasteiger partial charge on any atom is -0.444 e. The molecule has 0 N–H and O–H groups in total. The molecule has 2 aromatic heterocycles. The summed E-state index contributed by atoms with van der Waals surface area (Å²) in [6.45, 7) is 9.22. The molecule has 3 aromatic rings. The maximum Gasteiger partial charge on any atom is 0.410 e. The molecule has 1 atom stereocenters. The average Bonchev–Trinajstić information content (AvgIpc) is 3.29. The molecule has 9 heteroatoms. The van der Waals surface area contributed by atoms with Crippen molar-refractivity contribution in [1.82, 2.24) is 14.9 Å². The van der Waals surface area contributed by atoms with Gasteiger partial charge in [0.05, 0.1) is 11.8 Å². The lowest BCUT2D eigenvalue weighted by Crippen LogP contribution is -2.54. The molecule has 1 aliphatic heterocycles. The maximum atomic E-state index is 12.4. The van der Waals surface area contributed by atoms with Crippen molar-refractivity contribution in [3.63, 3.8) is 0 Å². The van der Waals surface area contributed by atoms with E-state index < -0.39 is 5.60 Å². The Hall–Kier alpha value is -2.74. The third-order valence-electron chi connectivity index (χ3n) is 4.63. The van der Waals surface area contributed by atoms with Gasteiger partial charge in [0, 0.05) is 30.7 Å². The maximum absolute atomic E-state index is 12.4. The predicted octanol–water partition coefficient (Wildman–Crippen LogP) is 4.58. The van der Waals surface area contributed by atoms with Crippen LogP contribution in [0.15, 0.2) is 33.4 Å². The second-order valence-electron chi connectivity index (χ2n) is 8.10. The molecule has 1 saturated heterocycles. The van der Waals surface area contributed by atoms with Crippen molar-refractivity contribution in [1.29, 1.82) is 0 Å². The van der Waals surface area contributed by atoms with Gasteiger partial charge in [-0.3, -0.25) is 0 Å². The minimum absolute atomic E-state index is 0.00462. The molecule has 0 bridgehead atoms. The van der Waals surface area contributed by atoms with Crippen LogP contribution in [0.2, 0.25) is 5.02 Å². The highest BCUT2D eigenvalue weighted by Crippen LogP contribution is 2.34. The topological polar surface area (TPSA) is 84.8 Å². The number of carbonyl (C=O) groups excluding carboxylic acids is 1. The number of piperazine rings is 1. The monoisotopic (exact) mass is 418 g/mol. The Morgan fingerprint density at radius 3 is 2.76 bits per heavy atom. The number of benzene rings is 1. The van der Waals surface area contributed by atoms with E-state index in [1.165, 1.54) is 6.26 Å². The molecule has 154 valence electrons. The summed E-state index contributed by atoms with van der Waals surface area (Å²) in [6.07, 6.45) is 2.76. The van der Waals surface area contributed by atoms with Crippen LogP contribution in [0, 0.1) is 0 Å². The number of hydrogen-bond donors (Lipinski definition) is 0. The molecule has 1 amide bonds. The van der Waals surface area contributed by atoms with E-state index in [0.29, 0.717) is 53.2 Å². The van der Waals surface area contributed by atoms with Gasteiger partial charge in [0.25, 0.3) is 6.01 Å². The minimum atomic E-state index is -0.521. The van der Waals surface area contributed by atoms with Gasteiger partial charge in [0.2, 0.25) is 5.89 Å². The van der Waals surface area contributed by atoms with Gasteiger partial charge >= 0.3 is 6.09 Å². The summed E-state index contributed by atoms with van der Waals surface area (Å²) in [5.74, 6) is 0.419. The zero-order valence-corrected chi connectivity index (χ0v) is 17.6. The summed E-state index contributed by atoms with van der Waals surface area (Å²) < 4.78 is 17.0. The molecule has 1 aromatic carbocycles.